The van der Waals surface area contributed by atoms with Crippen LogP contribution in [0.2, 0.25) is 0 Å². The first-order valence-electron chi connectivity index (χ1n) is 9.34. The Morgan fingerprint density at radius 3 is 2.06 bits per heavy atom. The van der Waals surface area contributed by atoms with Crippen molar-refractivity contribution in [2.75, 3.05) is 40.4 Å². The largest absolute Gasteiger partial charge is 0.496 e. The molecular formula is C22H26N2O8. The third-order valence-electron chi connectivity index (χ3n) is 4.73. The summed E-state index contributed by atoms with van der Waals surface area (Å²) in [6, 6.07) is 7.60. The third kappa shape index (κ3) is 5.10. The second-order valence-corrected chi connectivity index (χ2v) is 6.62. The normalized spacial score (nSPS) is 12.7. The molecule has 0 fully saturated rings. The highest BCUT2D eigenvalue weighted by atomic mass is 16.5. The van der Waals surface area contributed by atoms with Crippen LogP contribution in [0.4, 0.5) is 5.69 Å². The van der Waals surface area contributed by atoms with Gasteiger partial charge in [0, 0.05) is 29.5 Å². The van der Waals surface area contributed by atoms with Crippen LogP contribution >= 0.6 is 0 Å². The van der Waals surface area contributed by atoms with Crippen molar-refractivity contribution in [2.45, 2.75) is 5.54 Å². The number of nitrogens with one attached hydrogen (secondary N) is 1. The number of rotatable bonds is 10. The molecule has 2 aromatic rings. The number of carbonyl (C=O) groups is 2. The summed E-state index contributed by atoms with van der Waals surface area (Å²) >= 11 is 0. The molecule has 0 aliphatic rings. The van der Waals surface area contributed by atoms with Gasteiger partial charge in [-0.05, 0) is 24.3 Å². The Labute approximate surface area is 185 Å². The fraction of sp³-hybridized carbons (Fsp3) is 0.273. The van der Waals surface area contributed by atoms with Gasteiger partial charge >= 0.3 is 5.97 Å². The molecular weight excluding hydrogens is 420 g/mol. The standard InChI is InChI=1S/C22H26N2O8/c1-29-14-10-18(31-3)15(19(11-14)32-4)6-8-20(26)24-13-5-7-17(30-2)16(9-13)22(23,12-25)21(27)28/h5-11,25H,12,23H2,1-4H3,(H,24,26)(H,27,28)/t22-/m0/s1. The number of carboxylic acids is 1. The number of hydrogen-bond donors (Lipinski definition) is 4. The van der Waals surface area contributed by atoms with Crippen LogP contribution < -0.4 is 30.0 Å². The van der Waals surface area contributed by atoms with E-state index in [1.54, 1.807) is 12.1 Å². The number of carbonyl (C=O) groups excluding carboxylic acids is 1. The summed E-state index contributed by atoms with van der Waals surface area (Å²) in [5.41, 5.74) is 4.55. The fourth-order valence-corrected chi connectivity index (χ4v) is 2.94. The molecule has 0 aliphatic carbocycles. The number of aliphatic hydroxyl groups is 1. The van der Waals surface area contributed by atoms with Gasteiger partial charge < -0.3 is 40.2 Å². The first-order valence-corrected chi connectivity index (χ1v) is 9.34. The molecule has 0 spiro atoms. The predicted octanol–water partition coefficient (Wildman–Crippen LogP) is 1.60. The zero-order valence-electron chi connectivity index (χ0n) is 18.2. The van der Waals surface area contributed by atoms with Crippen molar-refractivity contribution < 1.29 is 38.7 Å². The smallest absolute Gasteiger partial charge is 0.330 e. The number of aliphatic carboxylic acids is 1. The number of anilines is 1. The Hall–Kier alpha value is -3.76. The molecule has 1 amide bonds. The molecule has 0 aromatic heterocycles. The molecule has 0 saturated carbocycles. The van der Waals surface area contributed by atoms with Crippen LogP contribution in [0.1, 0.15) is 11.1 Å². The number of aliphatic hydroxyl groups excluding tert-OH is 1. The zero-order valence-corrected chi connectivity index (χ0v) is 18.2. The van der Waals surface area contributed by atoms with Crippen molar-refractivity contribution >= 4 is 23.6 Å². The molecule has 0 saturated heterocycles. The van der Waals surface area contributed by atoms with Crippen molar-refractivity contribution in [2.24, 2.45) is 5.73 Å². The van der Waals surface area contributed by atoms with Crippen molar-refractivity contribution in [1.82, 2.24) is 0 Å². The van der Waals surface area contributed by atoms with E-state index in [-0.39, 0.29) is 17.0 Å². The molecule has 10 nitrogen and oxygen atoms in total. The summed E-state index contributed by atoms with van der Waals surface area (Å²) < 4.78 is 21.0. The topological polar surface area (TPSA) is 150 Å². The van der Waals surface area contributed by atoms with Crippen LogP contribution in [-0.2, 0) is 15.1 Å². The van der Waals surface area contributed by atoms with Crippen molar-refractivity contribution in [3.05, 3.63) is 47.5 Å². The highest BCUT2D eigenvalue weighted by molar-refractivity contribution is 6.02. The summed E-state index contributed by atoms with van der Waals surface area (Å²) in [5.74, 6) is -0.393. The summed E-state index contributed by atoms with van der Waals surface area (Å²) in [4.78, 5) is 24.1. The molecule has 2 aromatic carbocycles. The molecule has 32 heavy (non-hydrogen) atoms. The Kier molecular flexibility index (Phi) is 8.05. The molecule has 2 rings (SSSR count). The van der Waals surface area contributed by atoms with E-state index in [4.69, 9.17) is 24.7 Å². The number of methoxy groups -OCH3 is 4. The lowest BCUT2D eigenvalue weighted by Gasteiger charge is -2.25. The van der Waals surface area contributed by atoms with Gasteiger partial charge in [0.15, 0.2) is 5.54 Å². The Balaban J connectivity index is 2.34. The molecule has 172 valence electrons. The maximum absolute atomic E-state index is 12.5. The van der Waals surface area contributed by atoms with Gasteiger partial charge in [-0.2, -0.15) is 0 Å². The number of carboxylic acid groups (broad SMARTS) is 1. The lowest BCUT2D eigenvalue weighted by molar-refractivity contribution is -0.145. The van der Waals surface area contributed by atoms with Crippen LogP contribution in [0.25, 0.3) is 6.08 Å². The lowest BCUT2D eigenvalue weighted by Crippen LogP contribution is -2.48. The second-order valence-electron chi connectivity index (χ2n) is 6.62. The minimum atomic E-state index is -2.11. The van der Waals surface area contributed by atoms with Crippen molar-refractivity contribution in [3.8, 4) is 23.0 Å². The lowest BCUT2D eigenvalue weighted by atomic mass is 9.90. The molecule has 0 aliphatic heterocycles. The summed E-state index contributed by atoms with van der Waals surface area (Å²) in [6.45, 7) is -0.868. The van der Waals surface area contributed by atoms with Gasteiger partial charge in [-0.25, -0.2) is 4.79 Å². The fourth-order valence-electron chi connectivity index (χ4n) is 2.94. The second kappa shape index (κ2) is 10.5. The maximum atomic E-state index is 12.5. The van der Waals surface area contributed by atoms with Crippen LogP contribution in [0.15, 0.2) is 36.4 Å². The van der Waals surface area contributed by atoms with Crippen LogP contribution in [0, 0.1) is 0 Å². The molecule has 10 heteroatoms. The highest BCUT2D eigenvalue weighted by Crippen LogP contribution is 2.35. The van der Waals surface area contributed by atoms with Gasteiger partial charge in [-0.15, -0.1) is 0 Å². The van der Waals surface area contributed by atoms with Crippen LogP contribution in [0.5, 0.6) is 23.0 Å². The van der Waals surface area contributed by atoms with Gasteiger partial charge in [0.25, 0.3) is 0 Å². The molecule has 0 radical (unpaired) electrons. The van der Waals surface area contributed by atoms with E-state index in [1.807, 2.05) is 0 Å². The van der Waals surface area contributed by atoms with Crippen LogP contribution in [-0.4, -0.2) is 57.1 Å². The Morgan fingerprint density at radius 1 is 1.00 bits per heavy atom. The molecule has 5 N–H and O–H groups in total. The average Bonchev–Trinajstić information content (AvgIpc) is 2.81. The first kappa shape index (κ1) is 24.5. The highest BCUT2D eigenvalue weighted by Gasteiger charge is 2.38. The molecule has 0 bridgehead atoms. The monoisotopic (exact) mass is 446 g/mol. The number of benzene rings is 2. The van der Waals surface area contributed by atoms with E-state index >= 15 is 0 Å². The zero-order chi connectivity index (χ0) is 23.9. The first-order chi connectivity index (χ1) is 15.2. The van der Waals surface area contributed by atoms with E-state index < -0.39 is 24.0 Å². The predicted molar refractivity (Wildman–Crippen MR) is 117 cm³/mol. The quantitative estimate of drug-likeness (QED) is 0.399. The van der Waals surface area contributed by atoms with Gasteiger partial charge in [0.2, 0.25) is 5.91 Å². The molecule has 0 heterocycles. The van der Waals surface area contributed by atoms with E-state index in [0.29, 0.717) is 22.8 Å². The average molecular weight is 446 g/mol. The number of amides is 1. The van der Waals surface area contributed by atoms with Crippen molar-refractivity contribution in [1.29, 1.82) is 0 Å². The van der Waals surface area contributed by atoms with Gasteiger partial charge in [0.05, 0.1) is 40.6 Å². The summed E-state index contributed by atoms with van der Waals surface area (Å²) in [6.07, 6.45) is 2.77. The molecule has 1 atom stereocenters. The summed E-state index contributed by atoms with van der Waals surface area (Å²) in [5, 5.41) is 21.6. The van der Waals surface area contributed by atoms with E-state index in [9.17, 15) is 19.8 Å². The molecule has 0 unspecified atom stereocenters. The number of hydrogen-bond acceptors (Lipinski definition) is 8. The van der Waals surface area contributed by atoms with Gasteiger partial charge in [0.1, 0.15) is 23.0 Å². The van der Waals surface area contributed by atoms with Crippen LogP contribution in [0.3, 0.4) is 0 Å². The SMILES string of the molecule is COc1cc(OC)c(C=CC(=O)Nc2ccc(OC)c([C@@](N)(CO)C(=O)O)c2)c(OC)c1. The van der Waals surface area contributed by atoms with Gasteiger partial charge in [-0.3, -0.25) is 4.79 Å². The summed E-state index contributed by atoms with van der Waals surface area (Å²) in [7, 11) is 5.81. The van der Waals surface area contributed by atoms with Gasteiger partial charge in [-0.1, -0.05) is 0 Å². The Bertz CT molecular complexity index is 996. The van der Waals surface area contributed by atoms with Crippen molar-refractivity contribution in [3.63, 3.8) is 0 Å². The number of nitrogens with two attached hydrogens (primary N) is 1. The Morgan fingerprint density at radius 2 is 1.59 bits per heavy atom. The third-order valence-corrected chi connectivity index (χ3v) is 4.73. The van der Waals surface area contributed by atoms with E-state index in [1.165, 1.54) is 58.8 Å². The minimum absolute atomic E-state index is 0.00951. The van der Waals surface area contributed by atoms with E-state index in [0.717, 1.165) is 0 Å². The maximum Gasteiger partial charge on any atom is 0.330 e. The number of ether oxygens (including phenoxy) is 4. The minimum Gasteiger partial charge on any atom is -0.496 e. The van der Waals surface area contributed by atoms with E-state index in [2.05, 4.69) is 5.32 Å².